The Balaban J connectivity index is 1.78. The van der Waals surface area contributed by atoms with E-state index in [9.17, 15) is 9.59 Å². The largest absolute Gasteiger partial charge is 0.341 e. The van der Waals surface area contributed by atoms with Crippen LogP contribution in [0.25, 0.3) is 11.3 Å². The summed E-state index contributed by atoms with van der Waals surface area (Å²) in [6, 6.07) is 9.94. The molecule has 29 heavy (non-hydrogen) atoms. The standard InChI is InChI=1S/C23H29N3O2S/c1-5-13-26(22-24-19(16-29-22)17-10-7-6-8-11-17)20(27)18-12-9-14-25(15-18)21(28)23(2,3)4/h5-8,10-11,16,18H,1,9,12-15H2,2-4H3. The van der Waals surface area contributed by atoms with Crippen LogP contribution in [0.5, 0.6) is 0 Å². The molecular weight excluding hydrogens is 382 g/mol. The number of rotatable bonds is 5. The maximum atomic E-state index is 13.4. The molecule has 0 aliphatic carbocycles. The summed E-state index contributed by atoms with van der Waals surface area (Å²) >= 11 is 1.46. The van der Waals surface area contributed by atoms with Gasteiger partial charge in [-0.1, -0.05) is 57.2 Å². The first-order chi connectivity index (χ1) is 13.8. The van der Waals surface area contributed by atoms with Gasteiger partial charge in [-0.25, -0.2) is 4.98 Å². The highest BCUT2D eigenvalue weighted by molar-refractivity contribution is 7.14. The van der Waals surface area contributed by atoms with E-state index < -0.39 is 5.41 Å². The summed E-state index contributed by atoms with van der Waals surface area (Å²) in [5.74, 6) is -0.0878. The molecule has 0 bridgehead atoms. The van der Waals surface area contributed by atoms with Crippen molar-refractivity contribution in [2.75, 3.05) is 24.5 Å². The van der Waals surface area contributed by atoms with E-state index in [1.807, 2.05) is 61.4 Å². The van der Waals surface area contributed by atoms with Gasteiger partial charge in [0.1, 0.15) is 0 Å². The number of aromatic nitrogens is 1. The zero-order valence-corrected chi connectivity index (χ0v) is 18.2. The maximum Gasteiger partial charge on any atom is 0.233 e. The Kier molecular flexibility index (Phi) is 6.52. The van der Waals surface area contributed by atoms with Crippen molar-refractivity contribution in [3.63, 3.8) is 0 Å². The molecule has 1 aliphatic heterocycles. The molecule has 1 aliphatic rings. The van der Waals surface area contributed by atoms with Crippen LogP contribution in [0, 0.1) is 11.3 Å². The fraction of sp³-hybridized carbons (Fsp3) is 0.435. The number of benzene rings is 1. The van der Waals surface area contributed by atoms with Crippen molar-refractivity contribution in [1.82, 2.24) is 9.88 Å². The number of hydrogen-bond donors (Lipinski definition) is 0. The van der Waals surface area contributed by atoms with Crippen LogP contribution in [0.1, 0.15) is 33.6 Å². The Hall–Kier alpha value is -2.47. The number of carbonyl (C=O) groups excluding carboxylic acids is 2. The summed E-state index contributed by atoms with van der Waals surface area (Å²) < 4.78 is 0. The fourth-order valence-corrected chi connectivity index (χ4v) is 4.43. The normalized spacial score (nSPS) is 17.1. The minimum atomic E-state index is -0.439. The third-order valence-electron chi connectivity index (χ3n) is 5.07. The maximum absolute atomic E-state index is 13.4. The SMILES string of the molecule is C=CCN(C(=O)C1CCCN(C(=O)C(C)(C)C)C1)c1nc(-c2ccccc2)cs1. The second-order valence-electron chi connectivity index (χ2n) is 8.46. The van der Waals surface area contributed by atoms with Crippen LogP contribution >= 0.6 is 11.3 Å². The van der Waals surface area contributed by atoms with Crippen LogP contribution in [0.15, 0.2) is 48.4 Å². The van der Waals surface area contributed by atoms with Gasteiger partial charge in [0.05, 0.1) is 11.6 Å². The first kappa shape index (κ1) is 21.2. The number of carbonyl (C=O) groups is 2. The molecule has 1 unspecified atom stereocenters. The van der Waals surface area contributed by atoms with Crippen LogP contribution in [0.2, 0.25) is 0 Å². The van der Waals surface area contributed by atoms with E-state index in [1.165, 1.54) is 11.3 Å². The lowest BCUT2D eigenvalue weighted by molar-refractivity contribution is -0.142. The van der Waals surface area contributed by atoms with Crippen molar-refractivity contribution in [3.8, 4) is 11.3 Å². The van der Waals surface area contributed by atoms with E-state index in [1.54, 1.807) is 11.0 Å². The third-order valence-corrected chi connectivity index (χ3v) is 5.93. The summed E-state index contributed by atoms with van der Waals surface area (Å²) in [5, 5.41) is 2.65. The molecule has 5 nitrogen and oxygen atoms in total. The molecule has 3 rings (SSSR count). The molecule has 1 fully saturated rings. The molecular formula is C23H29N3O2S. The van der Waals surface area contributed by atoms with Crippen LogP contribution in [0.3, 0.4) is 0 Å². The highest BCUT2D eigenvalue weighted by atomic mass is 32.1. The molecule has 2 heterocycles. The van der Waals surface area contributed by atoms with Gasteiger partial charge in [0, 0.05) is 36.0 Å². The molecule has 0 N–H and O–H groups in total. The first-order valence-electron chi connectivity index (χ1n) is 10.0. The number of anilines is 1. The van der Waals surface area contributed by atoms with E-state index in [0.717, 1.165) is 30.6 Å². The minimum absolute atomic E-state index is 0.0188. The molecule has 6 heteroatoms. The molecule has 2 aromatic rings. The number of hydrogen-bond acceptors (Lipinski definition) is 4. The molecule has 0 radical (unpaired) electrons. The molecule has 1 saturated heterocycles. The van der Waals surface area contributed by atoms with E-state index >= 15 is 0 Å². The Labute approximate surface area is 177 Å². The number of piperidine rings is 1. The summed E-state index contributed by atoms with van der Waals surface area (Å²) in [6.07, 6.45) is 3.35. The van der Waals surface area contributed by atoms with Gasteiger partial charge in [0.2, 0.25) is 11.8 Å². The Morgan fingerprint density at radius 2 is 2.03 bits per heavy atom. The molecule has 0 spiro atoms. The smallest absolute Gasteiger partial charge is 0.233 e. The summed E-state index contributed by atoms with van der Waals surface area (Å²) in [6.45, 7) is 11.2. The monoisotopic (exact) mass is 411 g/mol. The molecule has 1 aromatic heterocycles. The van der Waals surface area contributed by atoms with Gasteiger partial charge in [-0.15, -0.1) is 17.9 Å². The van der Waals surface area contributed by atoms with Crippen molar-refractivity contribution in [3.05, 3.63) is 48.4 Å². The van der Waals surface area contributed by atoms with Crippen molar-refractivity contribution in [2.24, 2.45) is 11.3 Å². The van der Waals surface area contributed by atoms with Crippen molar-refractivity contribution in [1.29, 1.82) is 0 Å². The van der Waals surface area contributed by atoms with E-state index in [4.69, 9.17) is 4.98 Å². The number of amides is 2. The number of thiazole rings is 1. The second-order valence-corrected chi connectivity index (χ2v) is 9.30. The highest BCUT2D eigenvalue weighted by Gasteiger charge is 2.35. The van der Waals surface area contributed by atoms with Gasteiger partial charge in [-0.05, 0) is 12.8 Å². The van der Waals surface area contributed by atoms with Gasteiger partial charge in [-0.3, -0.25) is 14.5 Å². The van der Waals surface area contributed by atoms with Crippen molar-refractivity contribution in [2.45, 2.75) is 33.6 Å². The van der Waals surface area contributed by atoms with Gasteiger partial charge in [0.15, 0.2) is 5.13 Å². The van der Waals surface area contributed by atoms with Crippen LogP contribution in [-0.4, -0.2) is 41.3 Å². The quantitative estimate of drug-likeness (QED) is 0.675. The second kappa shape index (κ2) is 8.91. The molecule has 0 saturated carbocycles. The van der Waals surface area contributed by atoms with Crippen LogP contribution < -0.4 is 4.90 Å². The zero-order valence-electron chi connectivity index (χ0n) is 17.4. The topological polar surface area (TPSA) is 53.5 Å². The lowest BCUT2D eigenvalue weighted by atomic mass is 9.90. The van der Waals surface area contributed by atoms with E-state index in [0.29, 0.717) is 18.2 Å². The molecule has 1 aromatic carbocycles. The average Bonchev–Trinajstić information content (AvgIpc) is 3.21. The zero-order chi connectivity index (χ0) is 21.0. The van der Waals surface area contributed by atoms with Gasteiger partial charge < -0.3 is 4.90 Å². The third kappa shape index (κ3) is 4.93. The average molecular weight is 412 g/mol. The van der Waals surface area contributed by atoms with Gasteiger partial charge in [-0.2, -0.15) is 0 Å². The van der Waals surface area contributed by atoms with Crippen molar-refractivity contribution < 1.29 is 9.59 Å². The number of likely N-dealkylation sites (tertiary alicyclic amines) is 1. The molecule has 1 atom stereocenters. The summed E-state index contributed by atoms with van der Waals surface area (Å²) in [4.78, 5) is 34.3. The Morgan fingerprint density at radius 3 is 2.69 bits per heavy atom. The van der Waals surface area contributed by atoms with E-state index in [-0.39, 0.29) is 17.7 Å². The predicted molar refractivity (Wildman–Crippen MR) is 119 cm³/mol. The molecule has 2 amide bonds. The summed E-state index contributed by atoms with van der Waals surface area (Å²) in [5.41, 5.74) is 1.45. The van der Waals surface area contributed by atoms with Gasteiger partial charge in [0.25, 0.3) is 0 Å². The fourth-order valence-electron chi connectivity index (χ4n) is 3.58. The highest BCUT2D eigenvalue weighted by Crippen LogP contribution is 2.30. The summed E-state index contributed by atoms with van der Waals surface area (Å²) in [7, 11) is 0. The predicted octanol–water partition coefficient (Wildman–Crippen LogP) is 4.61. The Bertz CT molecular complexity index is 870. The molecule has 154 valence electrons. The van der Waals surface area contributed by atoms with Crippen LogP contribution in [-0.2, 0) is 9.59 Å². The minimum Gasteiger partial charge on any atom is -0.341 e. The Morgan fingerprint density at radius 1 is 1.31 bits per heavy atom. The lowest BCUT2D eigenvalue weighted by Gasteiger charge is -2.37. The van der Waals surface area contributed by atoms with Crippen molar-refractivity contribution >= 4 is 28.3 Å². The lowest BCUT2D eigenvalue weighted by Crippen LogP contribution is -2.49. The number of nitrogens with zero attached hydrogens (tertiary/aromatic N) is 3. The van der Waals surface area contributed by atoms with Gasteiger partial charge >= 0.3 is 0 Å². The first-order valence-corrected chi connectivity index (χ1v) is 10.9. The van der Waals surface area contributed by atoms with Crippen LogP contribution in [0.4, 0.5) is 5.13 Å². The van der Waals surface area contributed by atoms with E-state index in [2.05, 4.69) is 6.58 Å².